The molecule has 1 aliphatic heterocycles. The van der Waals surface area contributed by atoms with Gasteiger partial charge in [-0.3, -0.25) is 14.9 Å². The molecule has 3 aromatic carbocycles. The number of nitrogens with one attached hydrogen (secondary N) is 1. The Balaban J connectivity index is 1.82. The second kappa shape index (κ2) is 6.53. The maximum absolute atomic E-state index is 13.0. The maximum Gasteiger partial charge on any atom is 0.335 e. The number of rotatable bonds is 2. The number of nitrogens with zero attached hydrogens (tertiary/aromatic N) is 1. The molecule has 0 saturated carbocycles. The van der Waals surface area contributed by atoms with Gasteiger partial charge in [-0.2, -0.15) is 0 Å². The van der Waals surface area contributed by atoms with Crippen molar-refractivity contribution in [2.75, 3.05) is 4.90 Å². The van der Waals surface area contributed by atoms with Crippen LogP contribution in [0.15, 0.2) is 72.3 Å². The van der Waals surface area contributed by atoms with E-state index in [1.54, 1.807) is 18.2 Å². The second-order valence-corrected chi connectivity index (χ2v) is 6.37. The van der Waals surface area contributed by atoms with Gasteiger partial charge in [-0.05, 0) is 47.0 Å². The minimum absolute atomic E-state index is 0.0764. The van der Waals surface area contributed by atoms with Gasteiger partial charge >= 0.3 is 6.03 Å². The van der Waals surface area contributed by atoms with Crippen LogP contribution in [0.1, 0.15) is 11.1 Å². The molecule has 1 saturated heterocycles. The molecule has 0 spiro atoms. The molecule has 0 atom stereocenters. The topological polar surface area (TPSA) is 66.5 Å². The highest BCUT2D eigenvalue weighted by molar-refractivity contribution is 6.39. The van der Waals surface area contributed by atoms with E-state index in [2.05, 4.69) is 5.32 Å². The maximum atomic E-state index is 13.0. The van der Waals surface area contributed by atoms with Gasteiger partial charge in [0.2, 0.25) is 0 Å². The van der Waals surface area contributed by atoms with Gasteiger partial charge in [0.1, 0.15) is 5.57 Å². The van der Waals surface area contributed by atoms with Crippen LogP contribution in [0.5, 0.6) is 0 Å². The van der Waals surface area contributed by atoms with Crippen LogP contribution in [0.3, 0.4) is 0 Å². The van der Waals surface area contributed by atoms with Crippen molar-refractivity contribution < 1.29 is 14.4 Å². The molecular formula is C22H16N2O3. The number of benzene rings is 3. The van der Waals surface area contributed by atoms with Crippen molar-refractivity contribution in [1.82, 2.24) is 5.32 Å². The molecule has 4 rings (SSSR count). The summed E-state index contributed by atoms with van der Waals surface area (Å²) in [7, 11) is 0. The van der Waals surface area contributed by atoms with Crippen LogP contribution in [0.25, 0.3) is 16.8 Å². The zero-order chi connectivity index (χ0) is 19.0. The first kappa shape index (κ1) is 16.7. The van der Waals surface area contributed by atoms with E-state index < -0.39 is 17.8 Å². The van der Waals surface area contributed by atoms with Gasteiger partial charge in [0.15, 0.2) is 0 Å². The average molecular weight is 356 g/mol. The highest BCUT2D eigenvalue weighted by Crippen LogP contribution is 2.25. The Morgan fingerprint density at radius 2 is 1.63 bits per heavy atom. The number of carbonyl (C=O) groups excluding carboxylic acids is 3. The third-order valence-corrected chi connectivity index (χ3v) is 4.48. The Kier molecular flexibility index (Phi) is 4.05. The number of urea groups is 1. The summed E-state index contributed by atoms with van der Waals surface area (Å²) < 4.78 is 0. The summed E-state index contributed by atoms with van der Waals surface area (Å²) in [6.45, 7) is 1.87. The molecule has 0 aliphatic carbocycles. The van der Waals surface area contributed by atoms with Gasteiger partial charge in [0, 0.05) is 0 Å². The number of carbonyl (C=O) groups is 3. The van der Waals surface area contributed by atoms with E-state index >= 15 is 0 Å². The third kappa shape index (κ3) is 3.00. The van der Waals surface area contributed by atoms with E-state index in [0.29, 0.717) is 5.69 Å². The lowest BCUT2D eigenvalue weighted by Crippen LogP contribution is -2.54. The largest absolute Gasteiger partial charge is 0.335 e. The average Bonchev–Trinajstić information content (AvgIpc) is 2.65. The van der Waals surface area contributed by atoms with Crippen LogP contribution in [-0.4, -0.2) is 17.8 Å². The monoisotopic (exact) mass is 356 g/mol. The molecule has 5 nitrogen and oxygen atoms in total. The molecule has 0 radical (unpaired) electrons. The van der Waals surface area contributed by atoms with E-state index in [0.717, 1.165) is 26.8 Å². The van der Waals surface area contributed by atoms with E-state index in [1.807, 2.05) is 55.5 Å². The van der Waals surface area contributed by atoms with Gasteiger partial charge in [-0.15, -0.1) is 0 Å². The first-order valence-electron chi connectivity index (χ1n) is 8.50. The zero-order valence-corrected chi connectivity index (χ0v) is 14.6. The quantitative estimate of drug-likeness (QED) is 0.561. The van der Waals surface area contributed by atoms with Gasteiger partial charge in [0.05, 0.1) is 5.69 Å². The van der Waals surface area contributed by atoms with Crippen LogP contribution in [0, 0.1) is 6.92 Å². The predicted octanol–water partition coefficient (Wildman–Crippen LogP) is 3.81. The van der Waals surface area contributed by atoms with Crippen molar-refractivity contribution in [3.63, 3.8) is 0 Å². The van der Waals surface area contributed by atoms with E-state index in [-0.39, 0.29) is 5.57 Å². The Labute approximate surface area is 155 Å². The Morgan fingerprint density at radius 3 is 2.44 bits per heavy atom. The zero-order valence-electron chi connectivity index (χ0n) is 14.6. The van der Waals surface area contributed by atoms with E-state index in [1.165, 1.54) is 6.08 Å². The number of barbiturate groups is 1. The lowest BCUT2D eigenvalue weighted by atomic mass is 10.0. The SMILES string of the molecule is Cc1cccc(N2C(=O)NC(=O)/C(=C/c3cccc4ccccc34)C2=O)c1. The molecular weight excluding hydrogens is 340 g/mol. The summed E-state index contributed by atoms with van der Waals surface area (Å²) in [5.41, 5.74) is 2.00. The van der Waals surface area contributed by atoms with Crippen molar-refractivity contribution in [1.29, 1.82) is 0 Å². The van der Waals surface area contributed by atoms with Gasteiger partial charge in [-0.25, -0.2) is 9.69 Å². The fourth-order valence-electron chi connectivity index (χ4n) is 3.19. The molecule has 132 valence electrons. The van der Waals surface area contributed by atoms with Crippen molar-refractivity contribution in [2.45, 2.75) is 6.92 Å². The summed E-state index contributed by atoms with van der Waals surface area (Å²) in [5.74, 6) is -1.33. The highest BCUT2D eigenvalue weighted by atomic mass is 16.2. The van der Waals surface area contributed by atoms with Gasteiger partial charge in [0.25, 0.3) is 11.8 Å². The number of fused-ring (bicyclic) bond motifs is 1. The predicted molar refractivity (Wildman–Crippen MR) is 104 cm³/mol. The normalized spacial score (nSPS) is 16.1. The number of amides is 4. The molecule has 4 amide bonds. The van der Waals surface area contributed by atoms with Crippen molar-refractivity contribution in [2.24, 2.45) is 0 Å². The lowest BCUT2D eigenvalue weighted by Gasteiger charge is -2.26. The molecule has 1 fully saturated rings. The third-order valence-electron chi connectivity index (χ3n) is 4.48. The van der Waals surface area contributed by atoms with Crippen LogP contribution in [-0.2, 0) is 9.59 Å². The van der Waals surface area contributed by atoms with Crippen molar-refractivity contribution in [3.05, 3.63) is 83.4 Å². The number of imide groups is 2. The van der Waals surface area contributed by atoms with Crippen molar-refractivity contribution in [3.8, 4) is 0 Å². The summed E-state index contributed by atoms with van der Waals surface area (Å²) in [6.07, 6.45) is 1.54. The minimum Gasteiger partial charge on any atom is -0.273 e. The van der Waals surface area contributed by atoms with Gasteiger partial charge < -0.3 is 0 Å². The summed E-state index contributed by atoms with van der Waals surface area (Å²) >= 11 is 0. The molecule has 0 bridgehead atoms. The Morgan fingerprint density at radius 1 is 0.889 bits per heavy atom. The van der Waals surface area contributed by atoms with Crippen LogP contribution in [0.4, 0.5) is 10.5 Å². The van der Waals surface area contributed by atoms with Crippen molar-refractivity contribution >= 4 is 40.4 Å². The minimum atomic E-state index is -0.745. The fraction of sp³-hybridized carbons (Fsp3) is 0.0455. The number of hydrogen-bond acceptors (Lipinski definition) is 3. The van der Waals surface area contributed by atoms with Crippen LogP contribution >= 0.6 is 0 Å². The lowest BCUT2D eigenvalue weighted by molar-refractivity contribution is -0.122. The molecule has 3 aromatic rings. The van der Waals surface area contributed by atoms with Gasteiger partial charge in [-0.1, -0.05) is 54.6 Å². The summed E-state index contributed by atoms with van der Waals surface area (Å²) in [4.78, 5) is 38.6. The second-order valence-electron chi connectivity index (χ2n) is 6.37. The summed E-state index contributed by atoms with van der Waals surface area (Å²) in [5, 5.41) is 4.18. The van der Waals surface area contributed by atoms with E-state index in [4.69, 9.17) is 0 Å². The van der Waals surface area contributed by atoms with Crippen LogP contribution < -0.4 is 10.2 Å². The Hall–Kier alpha value is -3.73. The molecule has 0 aromatic heterocycles. The first-order valence-corrected chi connectivity index (χ1v) is 8.50. The number of anilines is 1. The molecule has 27 heavy (non-hydrogen) atoms. The highest BCUT2D eigenvalue weighted by Gasteiger charge is 2.36. The van der Waals surface area contributed by atoms with Crippen LogP contribution in [0.2, 0.25) is 0 Å². The summed E-state index contributed by atoms with van der Waals surface area (Å²) in [6, 6.07) is 19.6. The molecule has 1 aliphatic rings. The fourth-order valence-corrected chi connectivity index (χ4v) is 3.19. The molecule has 0 unspecified atom stereocenters. The first-order chi connectivity index (χ1) is 13.0. The molecule has 1 N–H and O–H groups in total. The number of aryl methyl sites for hydroxylation is 1. The number of hydrogen-bond donors (Lipinski definition) is 1. The Bertz CT molecular complexity index is 1130. The molecule has 5 heteroatoms. The van der Waals surface area contributed by atoms with E-state index in [9.17, 15) is 14.4 Å². The standard InChI is InChI=1S/C22H16N2O3/c1-14-6-4-10-17(12-14)24-21(26)19(20(25)23-22(24)27)13-16-9-5-8-15-7-2-3-11-18(15)16/h2-13H,1H3,(H,23,25,27)/b19-13-. The molecule has 1 heterocycles. The smallest absolute Gasteiger partial charge is 0.273 e.